The lowest BCUT2D eigenvalue weighted by Gasteiger charge is -2.32. The van der Waals surface area contributed by atoms with Crippen molar-refractivity contribution in [1.29, 1.82) is 0 Å². The molecule has 0 amide bonds. The molecule has 2 aromatic rings. The number of aromatic nitrogens is 2. The van der Waals surface area contributed by atoms with Crippen LogP contribution in [0.3, 0.4) is 0 Å². The molecule has 122 valence electrons. The van der Waals surface area contributed by atoms with Crippen molar-refractivity contribution in [3.05, 3.63) is 46.7 Å². The second-order valence-corrected chi connectivity index (χ2v) is 6.77. The molecule has 1 aromatic carbocycles. The van der Waals surface area contributed by atoms with Crippen molar-refractivity contribution in [3.8, 4) is 0 Å². The quantitative estimate of drug-likeness (QED) is 0.908. The van der Waals surface area contributed by atoms with Crippen LogP contribution in [0.2, 0.25) is 5.02 Å². The molecule has 2 heterocycles. The van der Waals surface area contributed by atoms with Gasteiger partial charge < -0.3 is 10.2 Å². The Bertz CT molecular complexity index is 657. The van der Waals surface area contributed by atoms with Gasteiger partial charge in [0, 0.05) is 30.7 Å². The first-order valence-corrected chi connectivity index (χ1v) is 8.57. The largest absolute Gasteiger partial charge is 0.366 e. The summed E-state index contributed by atoms with van der Waals surface area (Å²) in [6.45, 7) is 7.14. The Balaban J connectivity index is 1.71. The lowest BCUT2D eigenvalue weighted by Crippen LogP contribution is -2.35. The Kier molecular flexibility index (Phi) is 5.01. The number of benzene rings is 1. The highest BCUT2D eigenvalue weighted by Gasteiger charge is 2.18. The lowest BCUT2D eigenvalue weighted by molar-refractivity contribution is 0.444. The summed E-state index contributed by atoms with van der Waals surface area (Å²) >= 11 is 5.92. The third-order valence-electron chi connectivity index (χ3n) is 4.19. The third-order valence-corrected chi connectivity index (χ3v) is 4.44. The topological polar surface area (TPSA) is 41.1 Å². The number of rotatable bonds is 4. The number of aryl methyl sites for hydroxylation is 1. The number of hydrogen-bond donors (Lipinski definition) is 1. The first kappa shape index (κ1) is 16.1. The van der Waals surface area contributed by atoms with E-state index in [0.29, 0.717) is 0 Å². The Morgan fingerprint density at radius 2 is 2.04 bits per heavy atom. The van der Waals surface area contributed by atoms with Gasteiger partial charge in [-0.15, -0.1) is 0 Å². The molecule has 0 saturated carbocycles. The molecule has 0 radical (unpaired) electrons. The zero-order valence-corrected chi connectivity index (χ0v) is 14.5. The maximum atomic E-state index is 5.92. The number of halogens is 1. The number of nitrogens with one attached hydrogen (secondary N) is 1. The van der Waals surface area contributed by atoms with Crippen molar-refractivity contribution in [1.82, 2.24) is 9.97 Å². The molecule has 0 spiro atoms. The van der Waals surface area contributed by atoms with Crippen LogP contribution in [-0.2, 0) is 6.54 Å². The number of nitrogens with zero attached hydrogens (tertiary/aromatic N) is 3. The summed E-state index contributed by atoms with van der Waals surface area (Å²) in [4.78, 5) is 11.5. The average Bonchev–Trinajstić information content (AvgIpc) is 2.54. The van der Waals surface area contributed by atoms with Gasteiger partial charge in [0.25, 0.3) is 0 Å². The van der Waals surface area contributed by atoms with Gasteiger partial charge >= 0.3 is 0 Å². The van der Waals surface area contributed by atoms with E-state index in [-0.39, 0.29) is 0 Å². The van der Waals surface area contributed by atoms with Crippen LogP contribution in [-0.4, -0.2) is 23.1 Å². The number of hydrogen-bond acceptors (Lipinski definition) is 4. The van der Waals surface area contributed by atoms with Crippen molar-refractivity contribution >= 4 is 23.2 Å². The van der Waals surface area contributed by atoms with Crippen LogP contribution in [0, 0.1) is 12.8 Å². The minimum absolute atomic E-state index is 0.726. The number of piperidine rings is 1. The van der Waals surface area contributed by atoms with Crippen molar-refractivity contribution in [2.75, 3.05) is 23.3 Å². The van der Waals surface area contributed by atoms with E-state index in [4.69, 9.17) is 11.6 Å². The molecule has 3 rings (SSSR count). The molecule has 1 fully saturated rings. The summed E-state index contributed by atoms with van der Waals surface area (Å²) in [6, 6.07) is 9.92. The maximum absolute atomic E-state index is 5.92. The van der Waals surface area contributed by atoms with Crippen molar-refractivity contribution < 1.29 is 0 Å². The van der Waals surface area contributed by atoms with E-state index in [9.17, 15) is 0 Å². The molecule has 0 bridgehead atoms. The zero-order chi connectivity index (χ0) is 16.2. The lowest BCUT2D eigenvalue weighted by atomic mass is 10.0. The highest BCUT2D eigenvalue weighted by molar-refractivity contribution is 6.30. The van der Waals surface area contributed by atoms with Gasteiger partial charge in [0.15, 0.2) is 0 Å². The minimum Gasteiger partial charge on any atom is -0.366 e. The molecule has 1 aromatic heterocycles. The Morgan fingerprint density at radius 1 is 1.26 bits per heavy atom. The van der Waals surface area contributed by atoms with Crippen LogP contribution < -0.4 is 10.2 Å². The second-order valence-electron chi connectivity index (χ2n) is 6.33. The van der Waals surface area contributed by atoms with Gasteiger partial charge in [0.1, 0.15) is 17.5 Å². The smallest absolute Gasteiger partial charge is 0.134 e. The molecule has 5 heteroatoms. The van der Waals surface area contributed by atoms with Crippen LogP contribution >= 0.6 is 11.6 Å². The van der Waals surface area contributed by atoms with Crippen LogP contribution in [0.1, 0.15) is 31.2 Å². The summed E-state index contributed by atoms with van der Waals surface area (Å²) < 4.78 is 0. The predicted octanol–water partition coefficient (Wildman–Crippen LogP) is 4.29. The van der Waals surface area contributed by atoms with Gasteiger partial charge in [0.2, 0.25) is 0 Å². The molecule has 1 saturated heterocycles. The Hall–Kier alpha value is -1.81. The van der Waals surface area contributed by atoms with Crippen LogP contribution in [0.15, 0.2) is 30.3 Å². The SMILES string of the molecule is Cc1nc(NCc2ccc(Cl)cc2)cc(N2CCCC(C)C2)n1. The molecule has 1 aliphatic heterocycles. The molecule has 4 nitrogen and oxygen atoms in total. The molecule has 1 atom stereocenters. The molecular formula is C18H23ClN4. The van der Waals surface area contributed by atoms with Gasteiger partial charge in [-0.2, -0.15) is 0 Å². The fourth-order valence-corrected chi connectivity index (χ4v) is 3.12. The predicted molar refractivity (Wildman–Crippen MR) is 96.2 cm³/mol. The molecule has 1 aliphatic rings. The molecule has 1 N–H and O–H groups in total. The van der Waals surface area contributed by atoms with Crippen LogP contribution in [0.4, 0.5) is 11.6 Å². The first-order valence-electron chi connectivity index (χ1n) is 8.19. The van der Waals surface area contributed by atoms with Crippen LogP contribution in [0.25, 0.3) is 0 Å². The van der Waals surface area contributed by atoms with E-state index in [1.165, 1.54) is 18.4 Å². The molecular weight excluding hydrogens is 308 g/mol. The van der Waals surface area contributed by atoms with Gasteiger partial charge in [-0.1, -0.05) is 30.7 Å². The summed E-state index contributed by atoms with van der Waals surface area (Å²) in [5.74, 6) is 3.44. The van der Waals surface area contributed by atoms with Gasteiger partial charge in [-0.25, -0.2) is 9.97 Å². The highest BCUT2D eigenvalue weighted by Crippen LogP contribution is 2.23. The zero-order valence-electron chi connectivity index (χ0n) is 13.7. The van der Waals surface area contributed by atoms with E-state index in [2.05, 4.69) is 33.2 Å². The van der Waals surface area contributed by atoms with E-state index < -0.39 is 0 Å². The van der Waals surface area contributed by atoms with Gasteiger partial charge in [0.05, 0.1) is 0 Å². The van der Waals surface area contributed by atoms with E-state index in [0.717, 1.165) is 48.0 Å². The van der Waals surface area contributed by atoms with Gasteiger partial charge in [-0.05, 0) is 43.4 Å². The first-order chi connectivity index (χ1) is 11.1. The average molecular weight is 331 g/mol. The third kappa shape index (κ3) is 4.35. The monoisotopic (exact) mass is 330 g/mol. The minimum atomic E-state index is 0.726. The van der Waals surface area contributed by atoms with Gasteiger partial charge in [-0.3, -0.25) is 0 Å². The Morgan fingerprint density at radius 3 is 2.78 bits per heavy atom. The Labute approximate surface area is 142 Å². The van der Waals surface area contributed by atoms with E-state index >= 15 is 0 Å². The fraction of sp³-hybridized carbons (Fsp3) is 0.444. The summed E-state index contributed by atoms with van der Waals surface area (Å²) in [6.07, 6.45) is 2.54. The molecule has 23 heavy (non-hydrogen) atoms. The molecule has 0 aliphatic carbocycles. The normalized spacial score (nSPS) is 18.0. The second kappa shape index (κ2) is 7.18. The van der Waals surface area contributed by atoms with Crippen molar-refractivity contribution in [3.63, 3.8) is 0 Å². The van der Waals surface area contributed by atoms with Crippen LogP contribution in [0.5, 0.6) is 0 Å². The number of anilines is 2. The summed E-state index contributed by atoms with van der Waals surface area (Å²) in [5.41, 5.74) is 1.18. The standard InChI is InChI=1S/C18H23ClN4/c1-13-4-3-9-23(12-13)18-10-17(21-14(2)22-18)20-11-15-5-7-16(19)8-6-15/h5-8,10,13H,3-4,9,11-12H2,1-2H3,(H,20,21,22). The fourth-order valence-electron chi connectivity index (χ4n) is 3.00. The van der Waals surface area contributed by atoms with Crippen molar-refractivity contribution in [2.45, 2.75) is 33.2 Å². The van der Waals surface area contributed by atoms with Crippen molar-refractivity contribution in [2.24, 2.45) is 5.92 Å². The highest BCUT2D eigenvalue weighted by atomic mass is 35.5. The summed E-state index contributed by atoms with van der Waals surface area (Å²) in [5, 5.41) is 4.15. The van der Waals surface area contributed by atoms with E-state index in [1.807, 2.05) is 31.2 Å². The van der Waals surface area contributed by atoms with E-state index in [1.54, 1.807) is 0 Å². The molecule has 1 unspecified atom stereocenters. The summed E-state index contributed by atoms with van der Waals surface area (Å²) in [7, 11) is 0. The maximum Gasteiger partial charge on any atom is 0.134 e.